The highest BCUT2D eigenvalue weighted by Gasteiger charge is 2.31. The lowest BCUT2D eigenvalue weighted by molar-refractivity contribution is -0.143. The van der Waals surface area contributed by atoms with Gasteiger partial charge in [0.25, 0.3) is 0 Å². The number of carbonyl (C=O) groups is 1. The number of hydrogen-bond donors (Lipinski definition) is 1. The number of ether oxygens (including phenoxy) is 3. The van der Waals surface area contributed by atoms with E-state index in [1.807, 2.05) is 6.07 Å². The van der Waals surface area contributed by atoms with Crippen molar-refractivity contribution in [3.05, 3.63) is 22.7 Å². The molecule has 2 aliphatic rings. The van der Waals surface area contributed by atoms with E-state index >= 15 is 0 Å². The summed E-state index contributed by atoms with van der Waals surface area (Å²) in [5.74, 6) is 0.807. The highest BCUT2D eigenvalue weighted by molar-refractivity contribution is 6.32. The molecule has 0 bridgehead atoms. The average Bonchev–Trinajstić information content (AvgIpc) is 3.30. The quantitative estimate of drug-likeness (QED) is 0.866. The summed E-state index contributed by atoms with van der Waals surface area (Å²) in [6.45, 7) is 1.15. The highest BCUT2D eigenvalue weighted by Crippen LogP contribution is 2.40. The van der Waals surface area contributed by atoms with Gasteiger partial charge in [0.15, 0.2) is 11.5 Å². The fraction of sp³-hybridized carbons (Fsp3) is 0.533. The van der Waals surface area contributed by atoms with E-state index in [2.05, 4.69) is 5.32 Å². The molecule has 21 heavy (non-hydrogen) atoms. The van der Waals surface area contributed by atoms with E-state index in [1.54, 1.807) is 6.07 Å². The molecule has 0 radical (unpaired) electrons. The SMILES string of the molecule is COC(=O)C(NC1CC1)c1cc(Cl)c2c(c1)OCCCO2. The molecule has 1 atom stereocenters. The van der Waals surface area contributed by atoms with Crippen LogP contribution in [0.25, 0.3) is 0 Å². The van der Waals surface area contributed by atoms with Gasteiger partial charge in [-0.15, -0.1) is 0 Å². The fourth-order valence-corrected chi connectivity index (χ4v) is 2.59. The molecule has 6 heteroatoms. The van der Waals surface area contributed by atoms with Crippen LogP contribution in [0.1, 0.15) is 30.9 Å². The van der Waals surface area contributed by atoms with Crippen LogP contribution in [0.3, 0.4) is 0 Å². The minimum Gasteiger partial charge on any atom is -0.489 e. The largest absolute Gasteiger partial charge is 0.489 e. The fourth-order valence-electron chi connectivity index (χ4n) is 2.32. The first-order valence-corrected chi connectivity index (χ1v) is 7.49. The van der Waals surface area contributed by atoms with Gasteiger partial charge >= 0.3 is 5.97 Å². The Morgan fingerprint density at radius 2 is 2.14 bits per heavy atom. The van der Waals surface area contributed by atoms with Gasteiger partial charge < -0.3 is 14.2 Å². The molecule has 0 saturated heterocycles. The molecule has 1 aliphatic carbocycles. The van der Waals surface area contributed by atoms with Crippen molar-refractivity contribution in [3.63, 3.8) is 0 Å². The van der Waals surface area contributed by atoms with E-state index in [9.17, 15) is 4.79 Å². The van der Waals surface area contributed by atoms with Crippen molar-refractivity contribution in [2.45, 2.75) is 31.3 Å². The first-order chi connectivity index (χ1) is 10.2. The second-order valence-electron chi connectivity index (χ2n) is 5.28. The Kier molecular flexibility index (Phi) is 4.22. The molecular weight excluding hydrogens is 294 g/mol. The minimum absolute atomic E-state index is 0.326. The Bertz CT molecular complexity index is 545. The predicted molar refractivity (Wildman–Crippen MR) is 78.0 cm³/mol. The maximum Gasteiger partial charge on any atom is 0.327 e. The van der Waals surface area contributed by atoms with Crippen molar-refractivity contribution in [2.75, 3.05) is 20.3 Å². The molecule has 1 fully saturated rings. The van der Waals surface area contributed by atoms with Crippen LogP contribution in [0.4, 0.5) is 0 Å². The number of nitrogens with one attached hydrogen (secondary N) is 1. The van der Waals surface area contributed by atoms with Crippen LogP contribution < -0.4 is 14.8 Å². The second-order valence-corrected chi connectivity index (χ2v) is 5.68. The number of fused-ring (bicyclic) bond motifs is 1. The maximum atomic E-state index is 12.0. The zero-order chi connectivity index (χ0) is 14.8. The number of esters is 1. The molecule has 1 heterocycles. The average molecular weight is 312 g/mol. The number of halogens is 1. The maximum absolute atomic E-state index is 12.0. The molecule has 114 valence electrons. The highest BCUT2D eigenvalue weighted by atomic mass is 35.5. The van der Waals surface area contributed by atoms with Crippen molar-refractivity contribution >= 4 is 17.6 Å². The summed E-state index contributed by atoms with van der Waals surface area (Å²) in [4.78, 5) is 12.0. The van der Waals surface area contributed by atoms with Crippen LogP contribution in [-0.4, -0.2) is 32.3 Å². The van der Waals surface area contributed by atoms with Crippen LogP contribution in [0.5, 0.6) is 11.5 Å². The summed E-state index contributed by atoms with van der Waals surface area (Å²) in [6, 6.07) is 3.39. The Balaban J connectivity index is 1.93. The summed E-state index contributed by atoms with van der Waals surface area (Å²) in [6.07, 6.45) is 2.96. The third-order valence-corrected chi connectivity index (χ3v) is 3.86. The molecule has 0 spiro atoms. The van der Waals surface area contributed by atoms with Crippen molar-refractivity contribution in [1.82, 2.24) is 5.32 Å². The van der Waals surface area contributed by atoms with E-state index in [1.165, 1.54) is 7.11 Å². The van der Waals surface area contributed by atoms with E-state index in [0.29, 0.717) is 35.8 Å². The molecule has 1 saturated carbocycles. The zero-order valence-corrected chi connectivity index (χ0v) is 12.6. The standard InChI is InChI=1S/C15H18ClNO4/c1-19-15(18)13(17-10-3-4-10)9-7-11(16)14-12(8-9)20-5-2-6-21-14/h7-8,10,13,17H,2-6H2,1H3. The Morgan fingerprint density at radius 3 is 2.86 bits per heavy atom. The molecule has 1 N–H and O–H groups in total. The van der Waals surface area contributed by atoms with Crippen LogP contribution >= 0.6 is 11.6 Å². The van der Waals surface area contributed by atoms with Crippen LogP contribution in [0, 0.1) is 0 Å². The number of carbonyl (C=O) groups excluding carboxylic acids is 1. The molecule has 1 aliphatic heterocycles. The van der Waals surface area contributed by atoms with Crippen LogP contribution in [-0.2, 0) is 9.53 Å². The van der Waals surface area contributed by atoms with Gasteiger partial charge in [-0.05, 0) is 30.5 Å². The van der Waals surface area contributed by atoms with Gasteiger partial charge in [0.1, 0.15) is 6.04 Å². The van der Waals surface area contributed by atoms with E-state index < -0.39 is 6.04 Å². The monoisotopic (exact) mass is 311 g/mol. The topological polar surface area (TPSA) is 56.8 Å². The first-order valence-electron chi connectivity index (χ1n) is 7.12. The summed E-state index contributed by atoms with van der Waals surface area (Å²) in [7, 11) is 1.38. The van der Waals surface area contributed by atoms with E-state index in [0.717, 1.165) is 24.8 Å². The Labute approximate surface area is 128 Å². The summed E-state index contributed by atoms with van der Waals surface area (Å²) >= 11 is 6.28. The van der Waals surface area contributed by atoms with Crippen molar-refractivity contribution in [3.8, 4) is 11.5 Å². The summed E-state index contributed by atoms with van der Waals surface area (Å²) < 4.78 is 16.2. The molecule has 3 rings (SSSR count). The smallest absolute Gasteiger partial charge is 0.327 e. The summed E-state index contributed by atoms with van der Waals surface area (Å²) in [5, 5.41) is 3.73. The molecule has 5 nitrogen and oxygen atoms in total. The molecule has 0 aromatic heterocycles. The van der Waals surface area contributed by atoms with Crippen molar-refractivity contribution in [1.29, 1.82) is 0 Å². The lowest BCUT2D eigenvalue weighted by Gasteiger charge is -2.19. The van der Waals surface area contributed by atoms with E-state index in [-0.39, 0.29) is 5.97 Å². The first kappa shape index (κ1) is 14.5. The molecule has 1 unspecified atom stereocenters. The lowest BCUT2D eigenvalue weighted by atomic mass is 10.1. The van der Waals surface area contributed by atoms with Gasteiger partial charge in [0.05, 0.1) is 25.3 Å². The van der Waals surface area contributed by atoms with Gasteiger partial charge in [-0.25, -0.2) is 4.79 Å². The molecular formula is C15H18ClNO4. The summed E-state index contributed by atoms with van der Waals surface area (Å²) in [5.41, 5.74) is 0.739. The number of methoxy groups -OCH3 is 1. The number of hydrogen-bond acceptors (Lipinski definition) is 5. The van der Waals surface area contributed by atoms with Gasteiger partial charge in [-0.1, -0.05) is 11.6 Å². The second kappa shape index (κ2) is 6.12. The van der Waals surface area contributed by atoms with E-state index in [4.69, 9.17) is 25.8 Å². The molecule has 1 aromatic carbocycles. The van der Waals surface area contributed by atoms with Gasteiger partial charge in [-0.2, -0.15) is 0 Å². The molecule has 0 amide bonds. The lowest BCUT2D eigenvalue weighted by Crippen LogP contribution is -2.31. The van der Waals surface area contributed by atoms with Gasteiger partial charge in [0.2, 0.25) is 0 Å². The number of rotatable bonds is 4. The zero-order valence-electron chi connectivity index (χ0n) is 11.9. The Morgan fingerprint density at radius 1 is 1.38 bits per heavy atom. The Hall–Kier alpha value is -1.46. The molecule has 1 aromatic rings. The third kappa shape index (κ3) is 3.24. The van der Waals surface area contributed by atoms with Crippen LogP contribution in [0.15, 0.2) is 12.1 Å². The normalized spacial score (nSPS) is 18.8. The van der Waals surface area contributed by atoms with Gasteiger partial charge in [-0.3, -0.25) is 5.32 Å². The van der Waals surface area contributed by atoms with Gasteiger partial charge in [0, 0.05) is 12.5 Å². The van der Waals surface area contributed by atoms with Crippen molar-refractivity contribution < 1.29 is 19.0 Å². The van der Waals surface area contributed by atoms with Crippen molar-refractivity contribution in [2.24, 2.45) is 0 Å². The minimum atomic E-state index is -0.530. The number of benzene rings is 1. The third-order valence-electron chi connectivity index (χ3n) is 3.57. The predicted octanol–water partition coefficient (Wildman–Crippen LogP) is 2.47. The van der Waals surface area contributed by atoms with Crippen LogP contribution in [0.2, 0.25) is 5.02 Å².